The van der Waals surface area contributed by atoms with Crippen LogP contribution in [-0.2, 0) is 4.79 Å². The predicted molar refractivity (Wildman–Crippen MR) is 77.3 cm³/mol. The minimum absolute atomic E-state index is 0. The van der Waals surface area contributed by atoms with Crippen molar-refractivity contribution in [2.45, 2.75) is 31.4 Å². The van der Waals surface area contributed by atoms with Crippen LogP contribution in [0, 0.1) is 0 Å². The molecule has 106 valence electrons. The summed E-state index contributed by atoms with van der Waals surface area (Å²) in [6.07, 6.45) is 2.25. The molecule has 1 unspecified atom stereocenters. The quantitative estimate of drug-likeness (QED) is 0.766. The number of carbonyl (C=O) groups excluding carboxylic acids is 1. The van der Waals surface area contributed by atoms with Crippen molar-refractivity contribution in [3.05, 3.63) is 35.9 Å². The van der Waals surface area contributed by atoms with E-state index in [1.54, 1.807) is 12.1 Å². The van der Waals surface area contributed by atoms with Crippen LogP contribution < -0.4 is 10.6 Å². The van der Waals surface area contributed by atoms with Gasteiger partial charge in [-0.25, -0.2) is 0 Å². The van der Waals surface area contributed by atoms with Gasteiger partial charge in [-0.15, -0.1) is 12.4 Å². The van der Waals surface area contributed by atoms with E-state index >= 15 is 0 Å². The van der Waals surface area contributed by atoms with E-state index in [4.69, 9.17) is 0 Å². The number of halogens is 1. The van der Waals surface area contributed by atoms with Crippen molar-refractivity contribution in [3.63, 3.8) is 0 Å². The Hall–Kier alpha value is -1.10. The molecule has 0 saturated carbocycles. The number of hydrogen-bond acceptors (Lipinski definition) is 3. The number of nitrogens with one attached hydrogen (secondary N) is 2. The van der Waals surface area contributed by atoms with Gasteiger partial charge in [0.15, 0.2) is 6.10 Å². The molecule has 1 aliphatic rings. The fraction of sp³-hybridized carbons (Fsp3) is 0.500. The predicted octanol–water partition coefficient (Wildman–Crippen LogP) is 1.40. The Morgan fingerprint density at radius 2 is 2.16 bits per heavy atom. The standard InChI is InChI=1S/C14H20N2O2.ClH/c17-13(11-5-2-1-3-6-11)14(18)16-10-8-12-7-4-9-15-12;/h1-3,5-6,12-13,15,17H,4,7-10H2,(H,16,18);1H/t12-,13?;/m1./s1. The lowest BCUT2D eigenvalue weighted by molar-refractivity contribution is -0.129. The van der Waals surface area contributed by atoms with Gasteiger partial charge in [-0.3, -0.25) is 4.79 Å². The molecule has 1 saturated heterocycles. The lowest BCUT2D eigenvalue weighted by Gasteiger charge is -2.13. The van der Waals surface area contributed by atoms with E-state index in [1.807, 2.05) is 18.2 Å². The first-order valence-corrected chi connectivity index (χ1v) is 6.51. The zero-order chi connectivity index (χ0) is 12.8. The van der Waals surface area contributed by atoms with Gasteiger partial charge >= 0.3 is 0 Å². The first kappa shape index (κ1) is 16.0. The zero-order valence-electron chi connectivity index (χ0n) is 10.8. The van der Waals surface area contributed by atoms with Crippen LogP contribution in [0.15, 0.2) is 30.3 Å². The smallest absolute Gasteiger partial charge is 0.253 e. The van der Waals surface area contributed by atoms with Gasteiger partial charge in [0.1, 0.15) is 0 Å². The van der Waals surface area contributed by atoms with E-state index in [2.05, 4.69) is 10.6 Å². The van der Waals surface area contributed by atoms with Crippen molar-refractivity contribution in [1.29, 1.82) is 0 Å². The molecule has 1 fully saturated rings. The Morgan fingerprint density at radius 1 is 1.42 bits per heavy atom. The topological polar surface area (TPSA) is 61.4 Å². The van der Waals surface area contributed by atoms with Crippen molar-refractivity contribution in [2.75, 3.05) is 13.1 Å². The van der Waals surface area contributed by atoms with Gasteiger partial charge in [0.25, 0.3) is 5.91 Å². The van der Waals surface area contributed by atoms with E-state index in [0.717, 1.165) is 13.0 Å². The molecule has 4 nitrogen and oxygen atoms in total. The van der Waals surface area contributed by atoms with Crippen molar-refractivity contribution in [3.8, 4) is 0 Å². The van der Waals surface area contributed by atoms with Crippen molar-refractivity contribution >= 4 is 18.3 Å². The number of carbonyl (C=O) groups is 1. The van der Waals surface area contributed by atoms with Gasteiger partial charge in [-0.1, -0.05) is 30.3 Å². The minimum atomic E-state index is -1.07. The third-order valence-electron chi connectivity index (χ3n) is 3.32. The van der Waals surface area contributed by atoms with Crippen LogP contribution >= 0.6 is 12.4 Å². The summed E-state index contributed by atoms with van der Waals surface area (Å²) in [5.74, 6) is -0.320. The maximum absolute atomic E-state index is 11.7. The van der Waals surface area contributed by atoms with Crippen LogP contribution in [0.2, 0.25) is 0 Å². The maximum atomic E-state index is 11.7. The Kier molecular flexibility index (Phi) is 6.84. The highest BCUT2D eigenvalue weighted by molar-refractivity contribution is 5.85. The minimum Gasteiger partial charge on any atom is -0.378 e. The molecule has 5 heteroatoms. The number of hydrogen-bond donors (Lipinski definition) is 3. The third-order valence-corrected chi connectivity index (χ3v) is 3.32. The summed E-state index contributed by atoms with van der Waals surface area (Å²) < 4.78 is 0. The third kappa shape index (κ3) is 4.82. The Morgan fingerprint density at radius 3 is 2.79 bits per heavy atom. The Bertz CT molecular complexity index is 380. The summed E-state index contributed by atoms with van der Waals surface area (Å²) in [6, 6.07) is 9.51. The highest BCUT2D eigenvalue weighted by atomic mass is 35.5. The monoisotopic (exact) mass is 284 g/mol. The second kappa shape index (κ2) is 8.15. The summed E-state index contributed by atoms with van der Waals surface area (Å²) in [7, 11) is 0. The van der Waals surface area contributed by atoms with Crippen molar-refractivity contribution in [2.24, 2.45) is 0 Å². The second-order valence-corrected chi connectivity index (χ2v) is 4.69. The number of rotatable bonds is 5. The van der Waals surface area contributed by atoms with E-state index in [1.165, 1.54) is 12.8 Å². The highest BCUT2D eigenvalue weighted by Crippen LogP contribution is 2.12. The molecular formula is C14H21ClN2O2. The van der Waals surface area contributed by atoms with Crippen LogP contribution in [0.4, 0.5) is 0 Å². The number of aliphatic hydroxyl groups excluding tert-OH is 1. The molecule has 0 radical (unpaired) electrons. The lowest BCUT2D eigenvalue weighted by atomic mass is 10.1. The first-order valence-electron chi connectivity index (χ1n) is 6.51. The average molecular weight is 285 g/mol. The summed E-state index contributed by atoms with van der Waals surface area (Å²) in [6.45, 7) is 1.69. The highest BCUT2D eigenvalue weighted by Gasteiger charge is 2.18. The second-order valence-electron chi connectivity index (χ2n) is 4.69. The van der Waals surface area contributed by atoms with Gasteiger partial charge in [0.2, 0.25) is 0 Å². The molecule has 0 bridgehead atoms. The lowest BCUT2D eigenvalue weighted by Crippen LogP contribution is -2.33. The molecule has 0 spiro atoms. The molecule has 1 heterocycles. The molecule has 1 aromatic carbocycles. The van der Waals surface area contributed by atoms with Gasteiger partial charge in [-0.2, -0.15) is 0 Å². The van der Waals surface area contributed by atoms with Crippen LogP contribution in [0.25, 0.3) is 0 Å². The van der Waals surface area contributed by atoms with Crippen LogP contribution in [0.5, 0.6) is 0 Å². The van der Waals surface area contributed by atoms with Crippen LogP contribution in [0.3, 0.4) is 0 Å². The molecule has 2 atom stereocenters. The molecule has 1 amide bonds. The average Bonchev–Trinajstić information content (AvgIpc) is 2.92. The van der Waals surface area contributed by atoms with Gasteiger partial charge in [0.05, 0.1) is 0 Å². The van der Waals surface area contributed by atoms with Gasteiger partial charge < -0.3 is 15.7 Å². The van der Waals surface area contributed by atoms with E-state index in [9.17, 15) is 9.90 Å². The zero-order valence-corrected chi connectivity index (χ0v) is 11.7. The van der Waals surface area contributed by atoms with Crippen molar-refractivity contribution in [1.82, 2.24) is 10.6 Å². The molecular weight excluding hydrogens is 264 g/mol. The summed E-state index contributed by atoms with van der Waals surface area (Å²) in [5, 5.41) is 16.0. The molecule has 0 aromatic heterocycles. The van der Waals surface area contributed by atoms with E-state index in [-0.39, 0.29) is 18.3 Å². The molecule has 1 aromatic rings. The van der Waals surface area contributed by atoms with Crippen molar-refractivity contribution < 1.29 is 9.90 Å². The van der Waals surface area contributed by atoms with Crippen LogP contribution in [0.1, 0.15) is 30.9 Å². The van der Waals surface area contributed by atoms with Crippen LogP contribution in [-0.4, -0.2) is 30.1 Å². The molecule has 0 aliphatic carbocycles. The molecule has 2 rings (SSSR count). The largest absolute Gasteiger partial charge is 0.378 e. The molecule has 1 aliphatic heterocycles. The summed E-state index contributed by atoms with van der Waals surface area (Å²) in [5.41, 5.74) is 0.633. The Labute approximate surface area is 120 Å². The van der Waals surface area contributed by atoms with E-state index < -0.39 is 6.10 Å². The first-order chi connectivity index (χ1) is 8.77. The SMILES string of the molecule is Cl.O=C(NCC[C@H]1CCCN1)C(O)c1ccccc1. The van der Waals surface area contributed by atoms with Gasteiger partial charge in [-0.05, 0) is 31.4 Å². The molecule has 19 heavy (non-hydrogen) atoms. The molecule has 3 N–H and O–H groups in total. The van der Waals surface area contributed by atoms with E-state index in [0.29, 0.717) is 18.2 Å². The maximum Gasteiger partial charge on any atom is 0.253 e. The number of amides is 1. The van der Waals surface area contributed by atoms with Gasteiger partial charge in [0, 0.05) is 12.6 Å². The summed E-state index contributed by atoms with van der Waals surface area (Å²) in [4.78, 5) is 11.7. The number of aliphatic hydroxyl groups is 1. The Balaban J connectivity index is 0.00000180. The summed E-state index contributed by atoms with van der Waals surface area (Å²) >= 11 is 0. The number of benzene rings is 1. The fourth-order valence-corrected chi connectivity index (χ4v) is 2.26. The fourth-order valence-electron chi connectivity index (χ4n) is 2.26. The normalized spacial score (nSPS) is 19.5.